The average Bonchev–Trinajstić information content (AvgIpc) is 3.42. The Labute approximate surface area is 219 Å². The number of rotatable bonds is 5. The van der Waals surface area contributed by atoms with Crippen molar-refractivity contribution in [2.75, 3.05) is 11.6 Å². The second-order valence-electron chi connectivity index (χ2n) is 7.95. The van der Waals surface area contributed by atoms with Gasteiger partial charge in [-0.1, -0.05) is 62.9 Å². The zero-order valence-corrected chi connectivity index (χ0v) is 21.5. The van der Waals surface area contributed by atoms with Crippen molar-refractivity contribution >= 4 is 78.9 Å². The van der Waals surface area contributed by atoms with E-state index in [1.54, 1.807) is 30.5 Å². The number of fused-ring (bicyclic) bond motifs is 1. The molecule has 0 bridgehead atoms. The van der Waals surface area contributed by atoms with Gasteiger partial charge in [0.05, 0.1) is 34.6 Å². The molecule has 2 heterocycles. The Morgan fingerprint density at radius 2 is 1.79 bits per heavy atom. The van der Waals surface area contributed by atoms with Crippen molar-refractivity contribution in [1.82, 2.24) is 10.3 Å². The summed E-state index contributed by atoms with van der Waals surface area (Å²) in [4.78, 5) is 16.0. The lowest BCUT2D eigenvalue weighted by molar-refractivity contribution is 0.0961. The number of hydrogen-bond acceptors (Lipinski definition) is 3. The molecule has 0 saturated carbocycles. The van der Waals surface area contributed by atoms with Gasteiger partial charge in [-0.2, -0.15) is 5.10 Å². The Balaban J connectivity index is 1.40. The highest BCUT2D eigenvalue weighted by molar-refractivity contribution is 9.10. The standard InChI is InChI=1S/C25H18BrCl3N4O/c26-15-3-1-14(2-4-15)24-11-18(32-33(24)23-8-6-17(28)10-21(23)29)12-31-25(34)20-13-30-22-7-5-16(27)9-19(20)22/h1-10,13,24,30H,11-12H2,(H,31,34). The summed E-state index contributed by atoms with van der Waals surface area (Å²) in [6.07, 6.45) is 2.33. The molecule has 2 N–H and O–H groups in total. The van der Waals surface area contributed by atoms with Gasteiger partial charge < -0.3 is 10.3 Å². The number of H-pyrrole nitrogens is 1. The summed E-state index contributed by atoms with van der Waals surface area (Å²) in [6.45, 7) is 0.306. The van der Waals surface area contributed by atoms with Gasteiger partial charge in [0.15, 0.2) is 0 Å². The Bertz CT molecular complexity index is 1420. The third-order valence-corrected chi connectivity index (χ3v) is 7.03. The molecule has 0 aliphatic carbocycles. The molecule has 0 radical (unpaired) electrons. The van der Waals surface area contributed by atoms with E-state index < -0.39 is 0 Å². The molecule has 0 spiro atoms. The highest BCUT2D eigenvalue weighted by Gasteiger charge is 2.30. The third kappa shape index (κ3) is 4.68. The minimum atomic E-state index is -0.195. The van der Waals surface area contributed by atoms with Crippen molar-refractivity contribution in [3.63, 3.8) is 0 Å². The van der Waals surface area contributed by atoms with Crippen LogP contribution in [-0.2, 0) is 0 Å². The Hall–Kier alpha value is -2.51. The maximum Gasteiger partial charge on any atom is 0.253 e. The van der Waals surface area contributed by atoms with Crippen molar-refractivity contribution < 1.29 is 4.79 Å². The van der Waals surface area contributed by atoms with Gasteiger partial charge in [-0.3, -0.25) is 9.80 Å². The van der Waals surface area contributed by atoms with Crippen LogP contribution in [0.5, 0.6) is 0 Å². The first kappa shape index (κ1) is 23.2. The number of nitrogens with one attached hydrogen (secondary N) is 2. The van der Waals surface area contributed by atoms with Crippen LogP contribution in [0.15, 0.2) is 76.4 Å². The van der Waals surface area contributed by atoms with Crippen molar-refractivity contribution in [1.29, 1.82) is 0 Å². The van der Waals surface area contributed by atoms with E-state index in [9.17, 15) is 4.79 Å². The van der Waals surface area contributed by atoms with Gasteiger partial charge >= 0.3 is 0 Å². The van der Waals surface area contributed by atoms with Crippen LogP contribution in [0.3, 0.4) is 0 Å². The molecule has 34 heavy (non-hydrogen) atoms. The quantitative estimate of drug-likeness (QED) is 0.257. The molecular weight excluding hydrogens is 559 g/mol. The number of aromatic amines is 1. The lowest BCUT2D eigenvalue weighted by atomic mass is 10.0. The highest BCUT2D eigenvalue weighted by Crippen LogP contribution is 2.39. The molecule has 9 heteroatoms. The lowest BCUT2D eigenvalue weighted by Crippen LogP contribution is -2.28. The van der Waals surface area contributed by atoms with E-state index in [4.69, 9.17) is 39.9 Å². The summed E-state index contributed by atoms with van der Waals surface area (Å²) in [6, 6.07) is 18.8. The fraction of sp³-hybridized carbons (Fsp3) is 0.120. The van der Waals surface area contributed by atoms with Crippen molar-refractivity contribution in [2.24, 2.45) is 5.10 Å². The first-order valence-electron chi connectivity index (χ1n) is 10.5. The number of hydrazone groups is 1. The van der Waals surface area contributed by atoms with E-state index in [1.807, 2.05) is 29.3 Å². The molecular formula is C25H18BrCl3N4O. The summed E-state index contributed by atoms with van der Waals surface area (Å²) < 4.78 is 0.998. The molecule has 1 aromatic heterocycles. The van der Waals surface area contributed by atoms with E-state index >= 15 is 0 Å². The number of amides is 1. The Morgan fingerprint density at radius 1 is 1.06 bits per heavy atom. The third-order valence-electron chi connectivity index (χ3n) is 5.73. The van der Waals surface area contributed by atoms with Crippen LogP contribution in [0.25, 0.3) is 10.9 Å². The normalized spacial score (nSPS) is 15.6. The van der Waals surface area contributed by atoms with Gasteiger partial charge in [0.1, 0.15) is 0 Å². The zero-order chi connectivity index (χ0) is 23.8. The summed E-state index contributed by atoms with van der Waals surface area (Å²) in [7, 11) is 0. The smallest absolute Gasteiger partial charge is 0.253 e. The van der Waals surface area contributed by atoms with E-state index in [0.717, 1.165) is 32.3 Å². The zero-order valence-electron chi connectivity index (χ0n) is 17.7. The van der Waals surface area contributed by atoms with E-state index in [-0.39, 0.29) is 11.9 Å². The van der Waals surface area contributed by atoms with Crippen LogP contribution >= 0.6 is 50.7 Å². The van der Waals surface area contributed by atoms with Gasteiger partial charge in [0.2, 0.25) is 0 Å². The van der Waals surface area contributed by atoms with E-state index in [1.165, 1.54) is 0 Å². The predicted molar refractivity (Wildman–Crippen MR) is 144 cm³/mol. The Morgan fingerprint density at radius 3 is 2.56 bits per heavy atom. The number of nitrogens with zero attached hydrogens (tertiary/aromatic N) is 2. The summed E-state index contributed by atoms with van der Waals surface area (Å²) in [5.74, 6) is -0.195. The highest BCUT2D eigenvalue weighted by atomic mass is 79.9. The fourth-order valence-corrected chi connectivity index (χ4v) is 5.00. The molecule has 1 atom stereocenters. The maximum atomic E-state index is 12.9. The first-order chi connectivity index (χ1) is 16.4. The number of hydrogen-bond donors (Lipinski definition) is 2. The Kier molecular flexibility index (Phi) is 6.58. The van der Waals surface area contributed by atoms with Crippen LogP contribution in [-0.4, -0.2) is 23.1 Å². The van der Waals surface area contributed by atoms with Crippen molar-refractivity contribution in [3.05, 3.63) is 97.5 Å². The summed E-state index contributed by atoms with van der Waals surface area (Å²) >= 11 is 22.2. The second kappa shape index (κ2) is 9.62. The SMILES string of the molecule is O=C(NCC1=NN(c2ccc(Cl)cc2Cl)C(c2ccc(Br)cc2)C1)c1c[nH]c2ccc(Cl)cc12. The number of anilines is 1. The minimum absolute atomic E-state index is 0.0643. The molecule has 4 aromatic rings. The lowest BCUT2D eigenvalue weighted by Gasteiger charge is -2.25. The monoisotopic (exact) mass is 574 g/mol. The summed E-state index contributed by atoms with van der Waals surface area (Å²) in [5.41, 5.74) is 4.08. The number of carbonyl (C=O) groups is 1. The van der Waals surface area contributed by atoms with Crippen LogP contribution in [0.1, 0.15) is 28.4 Å². The number of halogens is 4. The van der Waals surface area contributed by atoms with Gasteiger partial charge in [-0.05, 0) is 54.1 Å². The number of aromatic nitrogens is 1. The minimum Gasteiger partial charge on any atom is -0.360 e. The maximum absolute atomic E-state index is 12.9. The molecule has 0 saturated heterocycles. The number of carbonyl (C=O) groups excluding carboxylic acids is 1. The molecule has 1 unspecified atom stereocenters. The molecule has 5 nitrogen and oxygen atoms in total. The predicted octanol–water partition coefficient (Wildman–Crippen LogP) is 7.63. The van der Waals surface area contributed by atoms with Crippen LogP contribution in [0.2, 0.25) is 15.1 Å². The van der Waals surface area contributed by atoms with Crippen LogP contribution < -0.4 is 10.3 Å². The molecule has 3 aromatic carbocycles. The van der Waals surface area contributed by atoms with Crippen LogP contribution in [0.4, 0.5) is 5.69 Å². The van der Waals surface area contributed by atoms with E-state index in [2.05, 4.69) is 38.4 Å². The number of benzene rings is 3. The molecule has 1 aliphatic rings. The molecule has 172 valence electrons. The molecule has 5 rings (SSSR count). The van der Waals surface area contributed by atoms with Crippen molar-refractivity contribution in [2.45, 2.75) is 12.5 Å². The average molecular weight is 577 g/mol. The van der Waals surface area contributed by atoms with Gasteiger partial charge in [-0.15, -0.1) is 0 Å². The molecule has 1 aliphatic heterocycles. The summed E-state index contributed by atoms with van der Waals surface area (Å²) in [5, 5.41) is 12.1. The van der Waals surface area contributed by atoms with Gasteiger partial charge in [0.25, 0.3) is 5.91 Å². The molecule has 0 fully saturated rings. The largest absolute Gasteiger partial charge is 0.360 e. The van der Waals surface area contributed by atoms with Gasteiger partial charge in [-0.25, -0.2) is 0 Å². The molecule has 1 amide bonds. The second-order valence-corrected chi connectivity index (χ2v) is 10.1. The first-order valence-corrected chi connectivity index (χ1v) is 12.4. The van der Waals surface area contributed by atoms with Crippen molar-refractivity contribution in [3.8, 4) is 0 Å². The van der Waals surface area contributed by atoms with Crippen LogP contribution in [0, 0.1) is 0 Å². The topological polar surface area (TPSA) is 60.5 Å². The van der Waals surface area contributed by atoms with E-state index in [0.29, 0.717) is 33.6 Å². The van der Waals surface area contributed by atoms with Gasteiger partial charge in [0, 0.05) is 38.0 Å². The fourth-order valence-electron chi connectivity index (χ4n) is 4.07.